The minimum absolute atomic E-state index is 0.726. The number of aromatic nitrogens is 3. The molecule has 6 nitrogen and oxygen atoms in total. The smallest absolute Gasteiger partial charge is 0.153 e. The van der Waals surface area contributed by atoms with Crippen LogP contribution >= 0.6 is 0 Å². The monoisotopic (exact) mass is 372 g/mol. The lowest BCUT2D eigenvalue weighted by Gasteiger charge is -2.36. The zero-order chi connectivity index (χ0) is 19.5. The summed E-state index contributed by atoms with van der Waals surface area (Å²) in [7, 11) is 0. The first-order valence-corrected chi connectivity index (χ1v) is 9.59. The number of rotatable bonds is 4. The Kier molecular flexibility index (Phi) is 5.09. The number of anilines is 1. The topological polar surface area (TPSA) is 61.0 Å². The largest absolute Gasteiger partial charge is 0.366 e. The second-order valence-corrected chi connectivity index (χ2v) is 7.19. The molecule has 1 aromatic carbocycles. The van der Waals surface area contributed by atoms with Crippen LogP contribution in [0.15, 0.2) is 48.7 Å². The second-order valence-electron chi connectivity index (χ2n) is 7.19. The SMILES string of the molecule is Cc1nn(-c2ccccn2)c(C)c1N1CCN(Cc2cccc(C#N)c2)CC1. The molecule has 1 saturated heterocycles. The Morgan fingerprint density at radius 2 is 1.86 bits per heavy atom. The van der Waals surface area contributed by atoms with Crippen LogP contribution in [0.3, 0.4) is 0 Å². The molecule has 1 aliphatic heterocycles. The van der Waals surface area contributed by atoms with Crippen LogP contribution in [0.1, 0.15) is 22.5 Å². The van der Waals surface area contributed by atoms with E-state index in [1.165, 1.54) is 11.3 Å². The van der Waals surface area contributed by atoms with Gasteiger partial charge >= 0.3 is 0 Å². The van der Waals surface area contributed by atoms with E-state index in [-0.39, 0.29) is 0 Å². The van der Waals surface area contributed by atoms with Gasteiger partial charge < -0.3 is 4.90 Å². The predicted molar refractivity (Wildman–Crippen MR) is 109 cm³/mol. The van der Waals surface area contributed by atoms with Gasteiger partial charge in [0.1, 0.15) is 0 Å². The Bertz CT molecular complexity index is 994. The first-order valence-electron chi connectivity index (χ1n) is 9.59. The van der Waals surface area contributed by atoms with Crippen LogP contribution in [0.4, 0.5) is 5.69 Å². The van der Waals surface area contributed by atoms with Crippen LogP contribution in [0, 0.1) is 25.2 Å². The first-order chi connectivity index (χ1) is 13.7. The van der Waals surface area contributed by atoms with Crippen molar-refractivity contribution in [3.05, 3.63) is 71.2 Å². The molecule has 1 aliphatic rings. The number of nitrogens with zero attached hydrogens (tertiary/aromatic N) is 6. The molecular weight excluding hydrogens is 348 g/mol. The number of pyridine rings is 1. The fourth-order valence-corrected chi connectivity index (χ4v) is 3.92. The van der Waals surface area contributed by atoms with E-state index in [0.29, 0.717) is 0 Å². The highest BCUT2D eigenvalue weighted by Crippen LogP contribution is 2.27. The maximum atomic E-state index is 9.08. The molecule has 0 N–H and O–H groups in total. The zero-order valence-electron chi connectivity index (χ0n) is 16.3. The fraction of sp³-hybridized carbons (Fsp3) is 0.318. The summed E-state index contributed by atoms with van der Waals surface area (Å²) < 4.78 is 1.93. The van der Waals surface area contributed by atoms with Gasteiger partial charge in [0.25, 0.3) is 0 Å². The van der Waals surface area contributed by atoms with Gasteiger partial charge in [-0.3, -0.25) is 4.90 Å². The molecule has 142 valence electrons. The molecule has 4 rings (SSSR count). The van der Waals surface area contributed by atoms with Crippen molar-refractivity contribution in [2.24, 2.45) is 0 Å². The summed E-state index contributed by atoms with van der Waals surface area (Å²) >= 11 is 0. The van der Waals surface area contributed by atoms with Crippen molar-refractivity contribution in [2.75, 3.05) is 31.1 Å². The lowest BCUT2D eigenvalue weighted by Crippen LogP contribution is -2.46. The lowest BCUT2D eigenvalue weighted by atomic mass is 10.1. The Morgan fingerprint density at radius 3 is 2.57 bits per heavy atom. The third-order valence-electron chi connectivity index (χ3n) is 5.27. The fourth-order valence-electron chi connectivity index (χ4n) is 3.92. The van der Waals surface area contributed by atoms with Gasteiger partial charge in [-0.1, -0.05) is 18.2 Å². The standard InChI is InChI=1S/C22H24N6/c1-17-22(18(2)28(25-17)21-8-3-4-9-24-21)27-12-10-26(11-13-27)16-20-7-5-6-19(14-20)15-23/h3-9,14H,10-13,16H2,1-2H3. The summed E-state index contributed by atoms with van der Waals surface area (Å²) in [6.45, 7) is 8.98. The molecule has 3 aromatic rings. The van der Waals surface area contributed by atoms with Gasteiger partial charge in [0, 0.05) is 38.9 Å². The van der Waals surface area contributed by atoms with Gasteiger partial charge in [-0.05, 0) is 43.7 Å². The zero-order valence-corrected chi connectivity index (χ0v) is 16.3. The van der Waals surface area contributed by atoms with Gasteiger partial charge in [-0.25, -0.2) is 9.67 Å². The second kappa shape index (κ2) is 7.83. The molecule has 0 spiro atoms. The van der Waals surface area contributed by atoms with E-state index in [1.54, 1.807) is 6.20 Å². The number of piperazine rings is 1. The van der Waals surface area contributed by atoms with E-state index in [0.717, 1.165) is 55.5 Å². The van der Waals surface area contributed by atoms with E-state index in [9.17, 15) is 0 Å². The molecule has 3 heterocycles. The summed E-state index contributed by atoms with van der Waals surface area (Å²) in [5, 5.41) is 13.8. The summed E-state index contributed by atoms with van der Waals surface area (Å²) in [5.74, 6) is 0.852. The summed E-state index contributed by atoms with van der Waals surface area (Å²) in [6, 6.07) is 16.0. The summed E-state index contributed by atoms with van der Waals surface area (Å²) in [6.07, 6.45) is 1.80. The molecule has 0 bridgehead atoms. The van der Waals surface area contributed by atoms with Gasteiger partial charge in [0.15, 0.2) is 5.82 Å². The minimum Gasteiger partial charge on any atom is -0.366 e. The third kappa shape index (κ3) is 3.62. The van der Waals surface area contributed by atoms with Crippen molar-refractivity contribution in [3.8, 4) is 11.9 Å². The predicted octanol–water partition coefficient (Wildman–Crippen LogP) is 3.08. The quantitative estimate of drug-likeness (QED) is 0.704. The Morgan fingerprint density at radius 1 is 1.04 bits per heavy atom. The van der Waals surface area contributed by atoms with E-state index in [4.69, 9.17) is 10.4 Å². The van der Waals surface area contributed by atoms with Gasteiger partial charge in [-0.15, -0.1) is 0 Å². The highest BCUT2D eigenvalue weighted by Gasteiger charge is 2.23. The van der Waals surface area contributed by atoms with Gasteiger partial charge in [0.05, 0.1) is 28.7 Å². The minimum atomic E-state index is 0.726. The van der Waals surface area contributed by atoms with Crippen LogP contribution in [0.25, 0.3) is 5.82 Å². The highest BCUT2D eigenvalue weighted by atomic mass is 15.4. The first kappa shape index (κ1) is 18.2. The maximum absolute atomic E-state index is 9.08. The number of benzene rings is 1. The molecule has 2 aromatic heterocycles. The Labute approximate surface area is 165 Å². The van der Waals surface area contributed by atoms with Crippen molar-refractivity contribution in [1.29, 1.82) is 5.26 Å². The highest BCUT2D eigenvalue weighted by molar-refractivity contribution is 5.56. The molecule has 28 heavy (non-hydrogen) atoms. The average Bonchev–Trinajstić information content (AvgIpc) is 3.03. The summed E-state index contributed by atoms with van der Waals surface area (Å²) in [5.41, 5.74) is 5.31. The van der Waals surface area contributed by atoms with Crippen LogP contribution in [0.5, 0.6) is 0 Å². The van der Waals surface area contributed by atoms with Crippen LogP contribution < -0.4 is 4.90 Å². The van der Waals surface area contributed by atoms with Crippen molar-refractivity contribution >= 4 is 5.69 Å². The number of nitriles is 1. The molecule has 0 radical (unpaired) electrons. The summed E-state index contributed by atoms with van der Waals surface area (Å²) in [4.78, 5) is 9.31. The van der Waals surface area contributed by atoms with E-state index < -0.39 is 0 Å². The molecule has 0 unspecified atom stereocenters. The molecular formula is C22H24N6. The van der Waals surface area contributed by atoms with Crippen molar-refractivity contribution < 1.29 is 0 Å². The van der Waals surface area contributed by atoms with Crippen LogP contribution in [0.2, 0.25) is 0 Å². The van der Waals surface area contributed by atoms with Crippen molar-refractivity contribution in [2.45, 2.75) is 20.4 Å². The van der Waals surface area contributed by atoms with Crippen molar-refractivity contribution in [1.82, 2.24) is 19.7 Å². The van der Waals surface area contributed by atoms with E-state index >= 15 is 0 Å². The number of hydrogen-bond acceptors (Lipinski definition) is 5. The van der Waals surface area contributed by atoms with Gasteiger partial charge in [0.2, 0.25) is 0 Å². The Balaban J connectivity index is 1.45. The van der Waals surface area contributed by atoms with Gasteiger partial charge in [-0.2, -0.15) is 10.4 Å². The lowest BCUT2D eigenvalue weighted by molar-refractivity contribution is 0.249. The third-order valence-corrected chi connectivity index (χ3v) is 5.27. The normalized spacial score (nSPS) is 14.8. The maximum Gasteiger partial charge on any atom is 0.153 e. The number of hydrogen-bond donors (Lipinski definition) is 0. The van der Waals surface area contributed by atoms with Crippen LogP contribution in [-0.2, 0) is 6.54 Å². The molecule has 0 atom stereocenters. The molecule has 1 fully saturated rings. The average molecular weight is 372 g/mol. The number of aryl methyl sites for hydroxylation is 1. The van der Waals surface area contributed by atoms with Crippen molar-refractivity contribution in [3.63, 3.8) is 0 Å². The molecule has 0 amide bonds. The Hall–Kier alpha value is -3.17. The molecule has 6 heteroatoms. The van der Waals surface area contributed by atoms with E-state index in [1.807, 2.05) is 41.1 Å². The van der Waals surface area contributed by atoms with Crippen LogP contribution in [-0.4, -0.2) is 45.8 Å². The molecule has 0 aliphatic carbocycles. The van der Waals surface area contributed by atoms with E-state index in [2.05, 4.69) is 40.8 Å². The molecule has 0 saturated carbocycles.